The van der Waals surface area contributed by atoms with E-state index in [0.717, 1.165) is 11.5 Å². The van der Waals surface area contributed by atoms with Crippen LogP contribution < -0.4 is 10.6 Å². The van der Waals surface area contributed by atoms with Crippen LogP contribution in [-0.2, 0) is 9.53 Å². The Bertz CT molecular complexity index is 1130. The van der Waals surface area contributed by atoms with Crippen LogP contribution in [0.4, 0.5) is 9.52 Å². The molecule has 3 rings (SSSR count). The maximum Gasteiger partial charge on any atom is 0.253 e. The summed E-state index contributed by atoms with van der Waals surface area (Å²) in [6, 6.07) is 5.40. The molecule has 10 heteroatoms. The van der Waals surface area contributed by atoms with Gasteiger partial charge in [0.2, 0.25) is 7.41 Å². The predicted octanol–water partition coefficient (Wildman–Crippen LogP) is 5.79. The number of thiazole rings is 1. The first-order chi connectivity index (χ1) is 17.7. The zero-order chi connectivity index (χ0) is 27.4. The molecule has 0 spiro atoms. The van der Waals surface area contributed by atoms with E-state index in [2.05, 4.69) is 36.4 Å². The van der Waals surface area contributed by atoms with Crippen LogP contribution in [-0.4, -0.2) is 48.4 Å². The first-order valence-corrected chi connectivity index (χ1v) is 13.3. The van der Waals surface area contributed by atoms with Gasteiger partial charge in [-0.1, -0.05) is 46.9 Å². The van der Waals surface area contributed by atoms with Crippen LogP contribution in [0, 0.1) is 18.7 Å². The molecule has 0 aliphatic rings. The molecule has 0 saturated carbocycles. The molecule has 0 fully saturated rings. The van der Waals surface area contributed by atoms with E-state index in [1.165, 1.54) is 49.8 Å². The summed E-state index contributed by atoms with van der Waals surface area (Å²) in [5.74, 6) is -0.285. The van der Waals surface area contributed by atoms with Crippen molar-refractivity contribution in [2.75, 3.05) is 19.0 Å². The van der Waals surface area contributed by atoms with Crippen LogP contribution in [0.25, 0.3) is 11.3 Å². The van der Waals surface area contributed by atoms with Crippen LogP contribution in [0.5, 0.6) is 0 Å². The molecule has 2 amide bonds. The molecule has 1 aromatic carbocycles. The maximum absolute atomic E-state index is 13.7. The highest BCUT2D eigenvalue weighted by Gasteiger charge is 2.23. The van der Waals surface area contributed by atoms with Crippen molar-refractivity contribution in [1.82, 2.24) is 14.8 Å². The van der Waals surface area contributed by atoms with Crippen molar-refractivity contribution >= 4 is 35.7 Å². The molecule has 0 aliphatic carbocycles. The van der Waals surface area contributed by atoms with E-state index in [9.17, 15) is 14.0 Å². The molecular weight excluding hydrogens is 490 g/mol. The minimum atomic E-state index is -0.903. The normalized spacial score (nSPS) is 11.5. The maximum atomic E-state index is 13.7. The molecule has 1 unspecified atom stereocenters. The molecule has 37 heavy (non-hydrogen) atoms. The smallest absolute Gasteiger partial charge is 0.253 e. The van der Waals surface area contributed by atoms with Gasteiger partial charge in [-0.25, -0.2) is 9.37 Å². The van der Waals surface area contributed by atoms with Gasteiger partial charge in [-0.3, -0.25) is 9.59 Å². The molecule has 1 atom stereocenters. The Kier molecular flexibility index (Phi) is 12.5. The van der Waals surface area contributed by atoms with Gasteiger partial charge in [0.1, 0.15) is 11.9 Å². The summed E-state index contributed by atoms with van der Waals surface area (Å²) in [5.41, 5.74) is 2.39. The fourth-order valence-electron chi connectivity index (χ4n) is 3.45. The van der Waals surface area contributed by atoms with Crippen molar-refractivity contribution < 1.29 is 18.7 Å². The van der Waals surface area contributed by atoms with Gasteiger partial charge < -0.3 is 19.8 Å². The number of ether oxygens (including phenoxy) is 1. The van der Waals surface area contributed by atoms with E-state index in [4.69, 9.17) is 4.74 Å². The first kappa shape index (κ1) is 30.3. The molecule has 3 aromatic rings. The Hall–Kier alpha value is -2.98. The number of benzene rings is 1. The summed E-state index contributed by atoms with van der Waals surface area (Å²) in [6.07, 6.45) is 7.54. The van der Waals surface area contributed by atoms with Gasteiger partial charge >= 0.3 is 0 Å². The zero-order valence-electron chi connectivity index (χ0n) is 22.5. The highest BCUT2D eigenvalue weighted by molar-refractivity contribution is 7.14. The lowest BCUT2D eigenvalue weighted by Crippen LogP contribution is -2.46. The van der Waals surface area contributed by atoms with E-state index >= 15 is 0 Å². The highest BCUT2D eigenvalue weighted by atomic mass is 32.1. The number of hydrogen-bond acceptors (Lipinski definition) is 5. The summed E-state index contributed by atoms with van der Waals surface area (Å²) >= 11 is 1.22. The van der Waals surface area contributed by atoms with E-state index in [0.29, 0.717) is 22.0 Å². The Labute approximate surface area is 224 Å². The number of nitrogens with zero attached hydrogens (tertiary/aromatic N) is 2. The van der Waals surface area contributed by atoms with Crippen molar-refractivity contribution in [3.05, 3.63) is 59.0 Å². The third kappa shape index (κ3) is 10.1. The van der Waals surface area contributed by atoms with Crippen LogP contribution in [0.3, 0.4) is 0 Å². The fourth-order valence-corrected chi connectivity index (χ4v) is 4.17. The standard InChI is InChI=1S/C20H21BFN4O3S.C7H16/c1-12-6-14(8-15(22)7-12)17-11-30-20(24-17)25-19(28)16(10-29-3)23-18(27)13-4-5-26(9-13)21-2;1-4-5-6-7(2)3/h4-9,11,16H,10H2,1-3H3,(H,23,27)(H,24,25,28);7H,4-6H2,1-3H3. The quantitative estimate of drug-likeness (QED) is 0.309. The number of methoxy groups -OCH3 is 1. The molecule has 2 heterocycles. The monoisotopic (exact) mass is 527 g/mol. The second-order valence-electron chi connectivity index (χ2n) is 9.17. The number of anilines is 1. The number of carbonyl (C=O) groups is 2. The topological polar surface area (TPSA) is 85.2 Å². The first-order valence-electron chi connectivity index (χ1n) is 12.5. The Morgan fingerprint density at radius 3 is 2.59 bits per heavy atom. The third-order valence-electron chi connectivity index (χ3n) is 5.44. The number of aryl methyl sites for hydroxylation is 1. The molecule has 2 N–H and O–H groups in total. The third-order valence-corrected chi connectivity index (χ3v) is 6.19. The molecule has 1 radical (unpaired) electrons. The fraction of sp³-hybridized carbons (Fsp3) is 0.444. The summed E-state index contributed by atoms with van der Waals surface area (Å²) < 4.78 is 20.5. The molecule has 2 aromatic heterocycles. The lowest BCUT2D eigenvalue weighted by atomic mass is 10.0. The average Bonchev–Trinajstić information content (AvgIpc) is 3.52. The number of amides is 2. The largest absolute Gasteiger partial charge is 0.402 e. The van der Waals surface area contributed by atoms with Crippen molar-refractivity contribution in [2.45, 2.75) is 59.8 Å². The Morgan fingerprint density at radius 1 is 1.27 bits per heavy atom. The minimum Gasteiger partial charge on any atom is -0.402 e. The average molecular weight is 527 g/mol. The number of unbranched alkanes of at least 4 members (excludes halogenated alkanes) is 1. The number of hydrogen-bond donors (Lipinski definition) is 2. The van der Waals surface area contributed by atoms with Gasteiger partial charge in [-0.05, 0) is 48.9 Å². The van der Waals surface area contributed by atoms with Gasteiger partial charge in [0, 0.05) is 24.3 Å². The van der Waals surface area contributed by atoms with Gasteiger partial charge in [-0.2, -0.15) is 0 Å². The van der Waals surface area contributed by atoms with E-state index < -0.39 is 11.9 Å². The molecule has 0 aliphatic heterocycles. The van der Waals surface area contributed by atoms with Gasteiger partial charge in [0.05, 0.1) is 17.9 Å². The van der Waals surface area contributed by atoms with E-state index in [1.807, 2.05) is 12.9 Å². The van der Waals surface area contributed by atoms with Crippen LogP contribution >= 0.6 is 11.3 Å². The number of rotatable bonds is 11. The van der Waals surface area contributed by atoms with Gasteiger partial charge in [0.25, 0.3) is 11.8 Å². The van der Waals surface area contributed by atoms with Crippen LogP contribution in [0.1, 0.15) is 56.0 Å². The zero-order valence-corrected chi connectivity index (χ0v) is 23.3. The van der Waals surface area contributed by atoms with Gasteiger partial charge in [-0.15, -0.1) is 11.3 Å². The van der Waals surface area contributed by atoms with Crippen molar-refractivity contribution in [2.24, 2.45) is 5.92 Å². The SMILES string of the molecule is CCCCC(C)C.C[B]n1ccc(C(=O)NC(COC)C(=O)Nc2nc(-c3cc(C)cc(F)c3)cs2)c1. The lowest BCUT2D eigenvalue weighted by molar-refractivity contribution is -0.119. The molecule has 0 saturated heterocycles. The number of nitrogens with one attached hydrogen (secondary N) is 2. The molecule has 0 bridgehead atoms. The second kappa shape index (κ2) is 15.3. The highest BCUT2D eigenvalue weighted by Crippen LogP contribution is 2.26. The number of halogens is 1. The summed E-state index contributed by atoms with van der Waals surface area (Å²) in [5, 5.41) is 7.44. The summed E-state index contributed by atoms with van der Waals surface area (Å²) in [4.78, 5) is 29.5. The van der Waals surface area contributed by atoms with E-state index in [-0.39, 0.29) is 18.3 Å². The van der Waals surface area contributed by atoms with Gasteiger partial charge in [0.15, 0.2) is 5.13 Å². The number of carbonyl (C=O) groups excluding carboxylic acids is 2. The predicted molar refractivity (Wildman–Crippen MR) is 150 cm³/mol. The second-order valence-corrected chi connectivity index (χ2v) is 10.0. The van der Waals surface area contributed by atoms with Crippen molar-refractivity contribution in [3.8, 4) is 11.3 Å². The van der Waals surface area contributed by atoms with Crippen LogP contribution in [0.15, 0.2) is 42.0 Å². The van der Waals surface area contributed by atoms with Crippen molar-refractivity contribution in [3.63, 3.8) is 0 Å². The van der Waals surface area contributed by atoms with Crippen LogP contribution in [0.2, 0.25) is 6.82 Å². The minimum absolute atomic E-state index is 0.000488. The van der Waals surface area contributed by atoms with Crippen molar-refractivity contribution in [1.29, 1.82) is 0 Å². The Balaban J connectivity index is 0.000000604. The summed E-state index contributed by atoms with van der Waals surface area (Å²) in [6.45, 7) is 10.4. The molecule has 7 nitrogen and oxygen atoms in total. The molecular formula is C27H37BFN4O3S. The Morgan fingerprint density at radius 2 is 2.03 bits per heavy atom. The number of aromatic nitrogens is 2. The van der Waals surface area contributed by atoms with E-state index in [1.54, 1.807) is 42.7 Å². The lowest BCUT2D eigenvalue weighted by Gasteiger charge is -2.16. The summed E-state index contributed by atoms with van der Waals surface area (Å²) in [7, 11) is 3.25. The molecule has 199 valence electrons.